The minimum Gasteiger partial charge on any atom is -0.481 e. The number of pyridine rings is 1. The van der Waals surface area contributed by atoms with Crippen LogP contribution in [0.5, 0.6) is 5.75 Å². The Kier molecular flexibility index (Phi) is 4.17. The van der Waals surface area contributed by atoms with Crippen LogP contribution in [-0.2, 0) is 11.2 Å². The van der Waals surface area contributed by atoms with E-state index in [0.29, 0.717) is 0 Å². The lowest BCUT2D eigenvalue weighted by Gasteiger charge is -2.14. The van der Waals surface area contributed by atoms with Crippen LogP contribution in [0, 0.1) is 10.5 Å². The second-order valence-corrected chi connectivity index (χ2v) is 4.29. The minimum atomic E-state index is -4.81. The van der Waals surface area contributed by atoms with Gasteiger partial charge in [-0.2, -0.15) is 0 Å². The molecule has 1 heterocycles. The molecule has 0 aliphatic heterocycles. The Hall–Kier alpha value is -1.06. The summed E-state index contributed by atoms with van der Waals surface area (Å²) in [7, 11) is 0. The molecule has 0 spiro atoms. The van der Waals surface area contributed by atoms with E-state index in [-0.39, 0.29) is 14.8 Å². The zero-order valence-electron chi connectivity index (χ0n) is 8.51. The molecule has 94 valence electrons. The third-order valence-corrected chi connectivity index (χ3v) is 2.63. The van der Waals surface area contributed by atoms with Gasteiger partial charge < -0.3 is 9.84 Å². The van der Waals surface area contributed by atoms with Gasteiger partial charge in [-0.15, -0.1) is 13.2 Å². The molecule has 0 saturated heterocycles. The Bertz CT molecular complexity index is 448. The summed E-state index contributed by atoms with van der Waals surface area (Å²) in [6, 6.07) is 0. The molecule has 0 aromatic carbocycles. The topological polar surface area (TPSA) is 59.4 Å². The van der Waals surface area contributed by atoms with Crippen LogP contribution < -0.4 is 4.74 Å². The van der Waals surface area contributed by atoms with Crippen molar-refractivity contribution in [3.05, 3.63) is 21.0 Å². The van der Waals surface area contributed by atoms with Crippen molar-refractivity contribution in [1.82, 2.24) is 4.98 Å². The second-order valence-electron chi connectivity index (χ2n) is 3.13. The fraction of sp³-hybridized carbons (Fsp3) is 0.333. The summed E-state index contributed by atoms with van der Waals surface area (Å²) < 4.78 is 40.4. The van der Waals surface area contributed by atoms with Gasteiger partial charge in [0.1, 0.15) is 5.75 Å². The Morgan fingerprint density at radius 3 is 2.65 bits per heavy atom. The third-order valence-electron chi connectivity index (χ3n) is 1.86. The molecular formula is C9H7F3INO3. The lowest BCUT2D eigenvalue weighted by atomic mass is 10.1. The van der Waals surface area contributed by atoms with E-state index in [0.717, 1.165) is 6.20 Å². The Morgan fingerprint density at radius 2 is 2.18 bits per heavy atom. The molecular weight excluding hydrogens is 354 g/mol. The van der Waals surface area contributed by atoms with Gasteiger partial charge in [0.15, 0.2) is 0 Å². The number of aromatic nitrogens is 1. The van der Waals surface area contributed by atoms with Gasteiger partial charge in [-0.25, -0.2) is 0 Å². The maximum Gasteiger partial charge on any atom is 0.573 e. The zero-order chi connectivity index (χ0) is 13.2. The number of carbonyl (C=O) groups is 1. The molecule has 4 nitrogen and oxygen atoms in total. The van der Waals surface area contributed by atoms with Crippen molar-refractivity contribution in [2.45, 2.75) is 19.7 Å². The molecule has 0 fully saturated rings. The molecule has 1 aromatic rings. The predicted molar refractivity (Wildman–Crippen MR) is 59.7 cm³/mol. The second kappa shape index (κ2) is 5.07. The fourth-order valence-corrected chi connectivity index (χ4v) is 1.82. The summed E-state index contributed by atoms with van der Waals surface area (Å²) in [6.07, 6.45) is -4.11. The first-order chi connectivity index (χ1) is 7.70. The molecule has 17 heavy (non-hydrogen) atoms. The molecule has 1 N–H and O–H groups in total. The Morgan fingerprint density at radius 1 is 1.59 bits per heavy atom. The zero-order valence-corrected chi connectivity index (χ0v) is 10.7. The van der Waals surface area contributed by atoms with E-state index >= 15 is 0 Å². The van der Waals surface area contributed by atoms with Gasteiger partial charge in [0.25, 0.3) is 0 Å². The van der Waals surface area contributed by atoms with E-state index < -0.39 is 24.5 Å². The first-order valence-corrected chi connectivity index (χ1v) is 5.40. The van der Waals surface area contributed by atoms with Crippen molar-refractivity contribution in [3.63, 3.8) is 0 Å². The third kappa shape index (κ3) is 4.02. The first kappa shape index (κ1) is 14.0. The fourth-order valence-electron chi connectivity index (χ4n) is 1.16. The summed E-state index contributed by atoms with van der Waals surface area (Å²) in [4.78, 5) is 14.3. The van der Waals surface area contributed by atoms with Crippen LogP contribution in [0.2, 0.25) is 0 Å². The predicted octanol–water partition coefficient (Wildman–Crippen LogP) is 2.52. The quantitative estimate of drug-likeness (QED) is 0.841. The van der Waals surface area contributed by atoms with Crippen molar-refractivity contribution in [1.29, 1.82) is 0 Å². The van der Waals surface area contributed by atoms with Gasteiger partial charge in [0, 0.05) is 11.8 Å². The number of carboxylic acids is 1. The summed E-state index contributed by atoms with van der Waals surface area (Å²) >= 11 is 1.64. The summed E-state index contributed by atoms with van der Waals surface area (Å²) in [5.41, 5.74) is 0.133. The highest BCUT2D eigenvalue weighted by Gasteiger charge is 2.33. The molecule has 0 radical (unpaired) electrons. The number of carboxylic acid groups (broad SMARTS) is 1. The maximum absolute atomic E-state index is 12.1. The molecule has 0 aliphatic carbocycles. The largest absolute Gasteiger partial charge is 0.573 e. The van der Waals surface area contributed by atoms with Gasteiger partial charge in [-0.05, 0) is 29.5 Å². The number of ether oxygens (including phenoxy) is 1. The number of hydrogen-bond donors (Lipinski definition) is 1. The molecule has 0 bridgehead atoms. The standard InChI is InChI=1S/C9H7F3INO3/c1-4-6(2-7(15)16)14-3-5(13)8(4)17-9(10,11)12/h3H,2H2,1H3,(H,15,16). The average molecular weight is 361 g/mol. The smallest absolute Gasteiger partial charge is 0.481 e. The van der Waals surface area contributed by atoms with E-state index in [1.807, 2.05) is 0 Å². The monoisotopic (exact) mass is 361 g/mol. The van der Waals surface area contributed by atoms with Gasteiger partial charge in [-0.1, -0.05) is 0 Å². The molecule has 0 unspecified atom stereocenters. The lowest BCUT2D eigenvalue weighted by molar-refractivity contribution is -0.275. The van der Waals surface area contributed by atoms with Crippen LogP contribution in [0.1, 0.15) is 11.3 Å². The number of rotatable bonds is 3. The maximum atomic E-state index is 12.1. The molecule has 8 heteroatoms. The normalized spacial score (nSPS) is 11.4. The van der Waals surface area contributed by atoms with Crippen LogP contribution in [0.25, 0.3) is 0 Å². The number of halogens is 4. The average Bonchev–Trinajstić information content (AvgIpc) is 2.15. The number of nitrogens with zero attached hydrogens (tertiary/aromatic N) is 1. The van der Waals surface area contributed by atoms with Crippen LogP contribution >= 0.6 is 22.6 Å². The van der Waals surface area contributed by atoms with E-state index in [2.05, 4.69) is 9.72 Å². The van der Waals surface area contributed by atoms with E-state index in [9.17, 15) is 18.0 Å². The van der Waals surface area contributed by atoms with Crippen LogP contribution in [-0.4, -0.2) is 22.4 Å². The van der Waals surface area contributed by atoms with Crippen LogP contribution in [0.3, 0.4) is 0 Å². The minimum absolute atomic E-state index is 0.0529. The van der Waals surface area contributed by atoms with E-state index in [1.54, 1.807) is 22.6 Å². The highest BCUT2D eigenvalue weighted by atomic mass is 127. The van der Waals surface area contributed by atoms with Gasteiger partial charge in [0.05, 0.1) is 15.7 Å². The highest BCUT2D eigenvalue weighted by molar-refractivity contribution is 14.1. The SMILES string of the molecule is Cc1c(CC(=O)O)ncc(I)c1OC(F)(F)F. The van der Waals surface area contributed by atoms with Crippen molar-refractivity contribution < 1.29 is 27.8 Å². The summed E-state index contributed by atoms with van der Waals surface area (Å²) in [6.45, 7) is 1.34. The van der Waals surface area contributed by atoms with Crippen molar-refractivity contribution in [2.75, 3.05) is 0 Å². The van der Waals surface area contributed by atoms with Crippen LogP contribution in [0.4, 0.5) is 13.2 Å². The number of alkyl halides is 3. The first-order valence-electron chi connectivity index (χ1n) is 4.32. The van der Waals surface area contributed by atoms with Crippen molar-refractivity contribution in [3.8, 4) is 5.75 Å². The Balaban J connectivity index is 3.15. The summed E-state index contributed by atoms with van der Waals surface area (Å²) in [5.74, 6) is -1.57. The lowest BCUT2D eigenvalue weighted by Crippen LogP contribution is -2.19. The number of hydrogen-bond acceptors (Lipinski definition) is 3. The molecule has 0 atom stereocenters. The number of aliphatic carboxylic acids is 1. The highest BCUT2D eigenvalue weighted by Crippen LogP contribution is 2.31. The van der Waals surface area contributed by atoms with Gasteiger partial charge in [0.2, 0.25) is 0 Å². The van der Waals surface area contributed by atoms with E-state index in [1.165, 1.54) is 6.92 Å². The molecule has 1 rings (SSSR count). The van der Waals surface area contributed by atoms with Gasteiger partial charge >= 0.3 is 12.3 Å². The van der Waals surface area contributed by atoms with Crippen LogP contribution in [0.15, 0.2) is 6.20 Å². The molecule has 0 aliphatic rings. The van der Waals surface area contributed by atoms with Gasteiger partial charge in [-0.3, -0.25) is 9.78 Å². The van der Waals surface area contributed by atoms with Crippen molar-refractivity contribution >= 4 is 28.6 Å². The molecule has 0 saturated carbocycles. The molecule has 1 aromatic heterocycles. The van der Waals surface area contributed by atoms with Crippen molar-refractivity contribution in [2.24, 2.45) is 0 Å². The Labute approximate surface area is 108 Å². The molecule has 0 amide bonds. The summed E-state index contributed by atoms with van der Waals surface area (Å²) in [5, 5.41) is 8.58. The van der Waals surface area contributed by atoms with E-state index in [4.69, 9.17) is 5.11 Å².